The van der Waals surface area contributed by atoms with Crippen LogP contribution in [0.2, 0.25) is 0 Å². The highest BCUT2D eigenvalue weighted by atomic mass is 35.5. The fourth-order valence-electron chi connectivity index (χ4n) is 3.19. The molecule has 4 N–H and O–H groups in total. The number of carbonyl (C=O) groups is 2. The molecule has 0 aliphatic carbocycles. The van der Waals surface area contributed by atoms with Gasteiger partial charge in [0.1, 0.15) is 5.82 Å². The second kappa shape index (κ2) is 9.68. The van der Waals surface area contributed by atoms with E-state index in [-0.39, 0.29) is 36.6 Å². The first-order chi connectivity index (χ1) is 12.5. The molecule has 2 heterocycles. The average molecular weight is 413 g/mol. The SMILES string of the molecule is Cl.NC(=O)NC(CC(=O)N1CCNCC1c1cccc(F)c1)c1cccs1. The molecule has 2 atom stereocenters. The Labute approximate surface area is 167 Å². The number of nitrogens with two attached hydrogens (primary N) is 1. The molecule has 1 aromatic carbocycles. The molecule has 9 heteroatoms. The van der Waals surface area contributed by atoms with Crippen molar-refractivity contribution in [1.82, 2.24) is 15.5 Å². The van der Waals surface area contributed by atoms with Gasteiger partial charge in [-0.2, -0.15) is 0 Å². The molecule has 146 valence electrons. The van der Waals surface area contributed by atoms with E-state index in [1.165, 1.54) is 23.5 Å². The minimum absolute atomic E-state index is 0. The fourth-order valence-corrected chi connectivity index (χ4v) is 3.97. The minimum atomic E-state index is -0.668. The first-order valence-electron chi connectivity index (χ1n) is 8.39. The Hall–Kier alpha value is -2.16. The van der Waals surface area contributed by atoms with E-state index in [4.69, 9.17) is 5.73 Å². The van der Waals surface area contributed by atoms with E-state index in [9.17, 15) is 14.0 Å². The van der Waals surface area contributed by atoms with Gasteiger partial charge in [0, 0.05) is 24.5 Å². The van der Waals surface area contributed by atoms with Gasteiger partial charge in [0.25, 0.3) is 0 Å². The molecule has 2 aromatic rings. The maximum absolute atomic E-state index is 13.6. The third-order valence-electron chi connectivity index (χ3n) is 4.38. The second-order valence-corrected chi connectivity index (χ2v) is 7.12. The maximum atomic E-state index is 13.6. The summed E-state index contributed by atoms with van der Waals surface area (Å²) < 4.78 is 13.6. The molecule has 1 saturated heterocycles. The van der Waals surface area contributed by atoms with E-state index in [2.05, 4.69) is 10.6 Å². The number of hydrogen-bond acceptors (Lipinski definition) is 4. The Morgan fingerprint density at radius 3 is 2.85 bits per heavy atom. The van der Waals surface area contributed by atoms with Crippen molar-refractivity contribution >= 4 is 35.7 Å². The number of nitrogens with zero attached hydrogens (tertiary/aromatic N) is 1. The number of piperazine rings is 1. The highest BCUT2D eigenvalue weighted by molar-refractivity contribution is 7.10. The summed E-state index contributed by atoms with van der Waals surface area (Å²) in [7, 11) is 0. The van der Waals surface area contributed by atoms with Crippen molar-refractivity contribution in [3.05, 3.63) is 58.0 Å². The number of urea groups is 1. The molecule has 2 unspecified atom stereocenters. The summed E-state index contributed by atoms with van der Waals surface area (Å²) in [6, 6.07) is 8.64. The van der Waals surface area contributed by atoms with E-state index in [1.54, 1.807) is 11.0 Å². The van der Waals surface area contributed by atoms with Gasteiger partial charge in [-0.3, -0.25) is 4.79 Å². The number of thiophene rings is 1. The number of halogens is 2. The summed E-state index contributed by atoms with van der Waals surface area (Å²) in [5.74, 6) is -0.430. The number of carbonyl (C=O) groups excluding carboxylic acids is 2. The molecular formula is C18H22ClFN4O2S. The van der Waals surface area contributed by atoms with Crippen molar-refractivity contribution in [3.8, 4) is 0 Å². The van der Waals surface area contributed by atoms with Crippen LogP contribution in [0.5, 0.6) is 0 Å². The molecule has 3 amide bonds. The summed E-state index contributed by atoms with van der Waals surface area (Å²) >= 11 is 1.46. The van der Waals surface area contributed by atoms with Gasteiger partial charge in [-0.25, -0.2) is 9.18 Å². The van der Waals surface area contributed by atoms with E-state index < -0.39 is 12.1 Å². The molecule has 6 nitrogen and oxygen atoms in total. The average Bonchev–Trinajstić information content (AvgIpc) is 3.15. The summed E-state index contributed by atoms with van der Waals surface area (Å²) in [6.45, 7) is 1.75. The molecule has 3 rings (SSSR count). The molecule has 0 bridgehead atoms. The van der Waals surface area contributed by atoms with Crippen molar-refractivity contribution in [2.24, 2.45) is 5.73 Å². The number of primary amides is 1. The fraction of sp³-hybridized carbons (Fsp3) is 0.333. The Morgan fingerprint density at radius 2 is 2.19 bits per heavy atom. The van der Waals surface area contributed by atoms with Crippen LogP contribution in [0.3, 0.4) is 0 Å². The number of nitrogens with one attached hydrogen (secondary N) is 2. The van der Waals surface area contributed by atoms with Crippen LogP contribution in [0.1, 0.15) is 28.9 Å². The van der Waals surface area contributed by atoms with Crippen LogP contribution in [0, 0.1) is 5.82 Å². The summed E-state index contributed by atoms with van der Waals surface area (Å²) in [6.07, 6.45) is 0.106. The standard InChI is InChI=1S/C18H21FN4O2S.ClH/c19-13-4-1-3-12(9-13)15-11-21-6-7-23(15)17(24)10-14(22-18(20)25)16-5-2-8-26-16;/h1-5,8-9,14-15,21H,6-7,10-11H2,(H3,20,22,25);1H. The van der Waals surface area contributed by atoms with Gasteiger partial charge in [-0.1, -0.05) is 18.2 Å². The zero-order valence-electron chi connectivity index (χ0n) is 14.6. The predicted molar refractivity (Wildman–Crippen MR) is 105 cm³/mol. The molecule has 1 aliphatic heterocycles. The lowest BCUT2D eigenvalue weighted by molar-refractivity contribution is -0.135. The topological polar surface area (TPSA) is 87.5 Å². The Balaban J connectivity index is 0.00000261. The monoisotopic (exact) mass is 412 g/mol. The normalized spacial score (nSPS) is 17.7. The molecule has 0 spiro atoms. The summed E-state index contributed by atoms with van der Waals surface area (Å²) in [5, 5.41) is 7.77. The smallest absolute Gasteiger partial charge is 0.312 e. The van der Waals surface area contributed by atoms with Crippen molar-refractivity contribution in [2.45, 2.75) is 18.5 Å². The first-order valence-corrected chi connectivity index (χ1v) is 9.27. The highest BCUT2D eigenvalue weighted by Gasteiger charge is 2.30. The lowest BCUT2D eigenvalue weighted by atomic mass is 10.0. The molecule has 27 heavy (non-hydrogen) atoms. The number of rotatable bonds is 5. The highest BCUT2D eigenvalue weighted by Crippen LogP contribution is 2.27. The Bertz CT molecular complexity index is 774. The number of benzene rings is 1. The third kappa shape index (κ3) is 5.41. The largest absolute Gasteiger partial charge is 0.352 e. The van der Waals surface area contributed by atoms with E-state index >= 15 is 0 Å². The van der Waals surface area contributed by atoms with Gasteiger partial charge in [-0.15, -0.1) is 23.7 Å². The molecule has 0 saturated carbocycles. The van der Waals surface area contributed by atoms with Crippen LogP contribution >= 0.6 is 23.7 Å². The number of amides is 3. The van der Waals surface area contributed by atoms with Crippen molar-refractivity contribution in [1.29, 1.82) is 0 Å². The lowest BCUT2D eigenvalue weighted by Crippen LogP contribution is -2.49. The number of hydrogen-bond donors (Lipinski definition) is 3. The Kier molecular flexibility index (Phi) is 7.58. The molecule has 1 aliphatic rings. The van der Waals surface area contributed by atoms with Gasteiger partial charge in [0.05, 0.1) is 18.5 Å². The first kappa shape index (κ1) is 21.1. The van der Waals surface area contributed by atoms with E-state index in [0.29, 0.717) is 19.6 Å². The van der Waals surface area contributed by atoms with Crippen molar-refractivity contribution in [2.75, 3.05) is 19.6 Å². The van der Waals surface area contributed by atoms with Crippen LogP contribution in [-0.4, -0.2) is 36.5 Å². The van der Waals surface area contributed by atoms with Gasteiger partial charge in [0.15, 0.2) is 0 Å². The van der Waals surface area contributed by atoms with E-state index in [0.717, 1.165) is 10.4 Å². The molecule has 1 aromatic heterocycles. The van der Waals surface area contributed by atoms with Gasteiger partial charge in [-0.05, 0) is 29.1 Å². The van der Waals surface area contributed by atoms with Crippen molar-refractivity contribution in [3.63, 3.8) is 0 Å². The zero-order valence-corrected chi connectivity index (χ0v) is 16.2. The van der Waals surface area contributed by atoms with Crippen LogP contribution < -0.4 is 16.4 Å². The van der Waals surface area contributed by atoms with E-state index in [1.807, 2.05) is 23.6 Å². The zero-order chi connectivity index (χ0) is 18.5. The van der Waals surface area contributed by atoms with Crippen LogP contribution in [0.4, 0.5) is 9.18 Å². The van der Waals surface area contributed by atoms with Crippen LogP contribution in [-0.2, 0) is 4.79 Å². The predicted octanol–water partition coefficient (Wildman–Crippen LogP) is 2.58. The van der Waals surface area contributed by atoms with Crippen molar-refractivity contribution < 1.29 is 14.0 Å². The van der Waals surface area contributed by atoms with Gasteiger partial charge < -0.3 is 21.3 Å². The molecular weight excluding hydrogens is 391 g/mol. The minimum Gasteiger partial charge on any atom is -0.352 e. The van der Waals surface area contributed by atoms with Gasteiger partial charge in [0.2, 0.25) is 5.91 Å². The van der Waals surface area contributed by atoms with Gasteiger partial charge >= 0.3 is 6.03 Å². The summed E-state index contributed by atoms with van der Waals surface area (Å²) in [5.41, 5.74) is 6.02. The van der Waals surface area contributed by atoms with Crippen LogP contribution in [0.25, 0.3) is 0 Å². The second-order valence-electron chi connectivity index (χ2n) is 6.14. The molecule has 0 radical (unpaired) electrons. The summed E-state index contributed by atoms with van der Waals surface area (Å²) in [4.78, 5) is 26.9. The maximum Gasteiger partial charge on any atom is 0.312 e. The Morgan fingerprint density at radius 1 is 1.37 bits per heavy atom. The van der Waals surface area contributed by atoms with Crippen LogP contribution in [0.15, 0.2) is 41.8 Å². The lowest BCUT2D eigenvalue weighted by Gasteiger charge is -2.37. The quantitative estimate of drug-likeness (QED) is 0.705. The molecule has 1 fully saturated rings. The third-order valence-corrected chi connectivity index (χ3v) is 5.37.